The van der Waals surface area contributed by atoms with Gasteiger partial charge >= 0.3 is 0 Å². The van der Waals surface area contributed by atoms with E-state index in [1.165, 1.54) is 11.8 Å². The van der Waals surface area contributed by atoms with E-state index in [4.69, 9.17) is 4.98 Å². The maximum atomic E-state index is 13.0. The molecule has 5 nitrogen and oxygen atoms in total. The Balaban J connectivity index is 2.45. The zero-order valence-electron chi connectivity index (χ0n) is 17.4. The number of benzene rings is 1. The highest BCUT2D eigenvalue weighted by atomic mass is 32.2. The second-order valence-corrected chi connectivity index (χ2v) is 9.22. The van der Waals surface area contributed by atoms with Crippen molar-refractivity contribution >= 4 is 28.6 Å². The van der Waals surface area contributed by atoms with Crippen molar-refractivity contribution in [2.24, 2.45) is 5.92 Å². The van der Waals surface area contributed by atoms with Crippen LogP contribution in [0.5, 0.6) is 0 Å². The van der Waals surface area contributed by atoms with E-state index in [-0.39, 0.29) is 28.8 Å². The molecular formula is C21H31N3O2S. The maximum absolute atomic E-state index is 13.0. The SMILES string of the molecule is CC(C)Cn1c(S[C@H](C)C(=O)N(C(C)C)C(C)C)nc2ccccc2c1=O. The van der Waals surface area contributed by atoms with E-state index < -0.39 is 0 Å². The Hall–Kier alpha value is -1.82. The van der Waals surface area contributed by atoms with Crippen LogP contribution < -0.4 is 5.56 Å². The van der Waals surface area contributed by atoms with Gasteiger partial charge in [0.05, 0.1) is 16.2 Å². The first kappa shape index (κ1) is 21.5. The molecule has 0 radical (unpaired) electrons. The van der Waals surface area contributed by atoms with Crippen LogP contribution in [0.3, 0.4) is 0 Å². The molecule has 0 N–H and O–H groups in total. The van der Waals surface area contributed by atoms with Crippen LogP contribution in [0.1, 0.15) is 48.5 Å². The Kier molecular flexibility index (Phi) is 7.09. The number of thioether (sulfide) groups is 1. The molecule has 2 aromatic rings. The number of para-hydroxylation sites is 1. The fourth-order valence-corrected chi connectivity index (χ4v) is 4.26. The minimum atomic E-state index is -0.318. The van der Waals surface area contributed by atoms with E-state index in [2.05, 4.69) is 13.8 Å². The van der Waals surface area contributed by atoms with Crippen LogP contribution in [-0.4, -0.2) is 37.7 Å². The van der Waals surface area contributed by atoms with Crippen molar-refractivity contribution in [3.05, 3.63) is 34.6 Å². The second-order valence-electron chi connectivity index (χ2n) is 7.91. The molecule has 0 unspecified atom stereocenters. The topological polar surface area (TPSA) is 55.2 Å². The lowest BCUT2D eigenvalue weighted by molar-refractivity contribution is -0.133. The van der Waals surface area contributed by atoms with Gasteiger partial charge in [0.2, 0.25) is 5.91 Å². The molecule has 0 aliphatic carbocycles. The summed E-state index contributed by atoms with van der Waals surface area (Å²) in [6.07, 6.45) is 0. The normalized spacial score (nSPS) is 13.0. The second kappa shape index (κ2) is 8.91. The van der Waals surface area contributed by atoms with Gasteiger partial charge < -0.3 is 4.90 Å². The highest BCUT2D eigenvalue weighted by Gasteiger charge is 2.27. The van der Waals surface area contributed by atoms with Crippen molar-refractivity contribution in [2.75, 3.05) is 0 Å². The molecular weight excluding hydrogens is 358 g/mol. The zero-order chi connectivity index (χ0) is 20.3. The number of amides is 1. The number of aromatic nitrogens is 2. The van der Waals surface area contributed by atoms with Crippen molar-refractivity contribution in [3.8, 4) is 0 Å². The predicted octanol–water partition coefficient (Wildman–Crippen LogP) is 4.18. The fourth-order valence-electron chi connectivity index (χ4n) is 3.29. The van der Waals surface area contributed by atoms with E-state index in [1.807, 2.05) is 63.8 Å². The van der Waals surface area contributed by atoms with Gasteiger partial charge in [-0.15, -0.1) is 0 Å². The van der Waals surface area contributed by atoms with Crippen LogP contribution in [0.4, 0.5) is 0 Å². The molecule has 1 heterocycles. The summed E-state index contributed by atoms with van der Waals surface area (Å²) in [6.45, 7) is 14.7. The van der Waals surface area contributed by atoms with Gasteiger partial charge in [0.1, 0.15) is 0 Å². The third-order valence-corrected chi connectivity index (χ3v) is 5.45. The summed E-state index contributed by atoms with van der Waals surface area (Å²) in [5.41, 5.74) is 0.634. The third-order valence-electron chi connectivity index (χ3n) is 4.37. The van der Waals surface area contributed by atoms with Crippen molar-refractivity contribution in [1.29, 1.82) is 0 Å². The average molecular weight is 390 g/mol. The Morgan fingerprint density at radius 1 is 1.07 bits per heavy atom. The Morgan fingerprint density at radius 3 is 2.22 bits per heavy atom. The first-order chi connectivity index (χ1) is 12.6. The van der Waals surface area contributed by atoms with Gasteiger partial charge in [-0.1, -0.05) is 37.7 Å². The number of hydrogen-bond donors (Lipinski definition) is 0. The first-order valence-corrected chi connectivity index (χ1v) is 10.5. The molecule has 0 saturated heterocycles. The highest BCUT2D eigenvalue weighted by Crippen LogP contribution is 2.25. The van der Waals surface area contributed by atoms with E-state index in [0.717, 1.165) is 0 Å². The zero-order valence-corrected chi connectivity index (χ0v) is 18.2. The lowest BCUT2D eigenvalue weighted by atomic mass is 10.2. The predicted molar refractivity (Wildman–Crippen MR) is 113 cm³/mol. The molecule has 0 bridgehead atoms. The lowest BCUT2D eigenvalue weighted by Gasteiger charge is -2.33. The summed E-state index contributed by atoms with van der Waals surface area (Å²) in [7, 11) is 0. The quantitative estimate of drug-likeness (QED) is 0.527. The summed E-state index contributed by atoms with van der Waals surface area (Å²) < 4.78 is 1.72. The standard InChI is InChI=1S/C21H31N3O2S/c1-13(2)12-23-20(26)17-10-8-9-11-18(17)22-21(23)27-16(7)19(25)24(14(3)4)15(5)6/h8-11,13-16H,12H2,1-7H3/t16-/m1/s1. The molecule has 0 aliphatic rings. The van der Waals surface area contributed by atoms with E-state index in [9.17, 15) is 9.59 Å². The number of hydrogen-bond acceptors (Lipinski definition) is 4. The van der Waals surface area contributed by atoms with Crippen molar-refractivity contribution < 1.29 is 4.79 Å². The molecule has 0 fully saturated rings. The van der Waals surface area contributed by atoms with Gasteiger partial charge in [0.25, 0.3) is 5.56 Å². The number of rotatable bonds is 7. The monoisotopic (exact) mass is 389 g/mol. The molecule has 6 heteroatoms. The molecule has 1 amide bonds. The molecule has 148 valence electrons. The summed E-state index contributed by atoms with van der Waals surface area (Å²) in [5, 5.41) is 0.912. The highest BCUT2D eigenvalue weighted by molar-refractivity contribution is 8.00. The van der Waals surface area contributed by atoms with E-state index in [0.29, 0.717) is 28.5 Å². The average Bonchev–Trinajstić information content (AvgIpc) is 2.57. The molecule has 0 aliphatic heterocycles. The summed E-state index contributed by atoms with van der Waals surface area (Å²) >= 11 is 1.37. The maximum Gasteiger partial charge on any atom is 0.262 e. The van der Waals surface area contributed by atoms with E-state index >= 15 is 0 Å². The minimum absolute atomic E-state index is 0.0407. The molecule has 1 aromatic carbocycles. The molecule has 27 heavy (non-hydrogen) atoms. The molecule has 1 atom stereocenters. The van der Waals surface area contributed by atoms with Gasteiger partial charge in [0, 0.05) is 18.6 Å². The van der Waals surface area contributed by atoms with Crippen LogP contribution in [0, 0.1) is 5.92 Å². The Labute approximate surface area is 166 Å². The molecule has 2 rings (SSSR count). The van der Waals surface area contributed by atoms with Gasteiger partial charge in [-0.2, -0.15) is 0 Å². The summed E-state index contributed by atoms with van der Waals surface area (Å²) in [5.74, 6) is 0.377. The smallest absolute Gasteiger partial charge is 0.262 e. The fraction of sp³-hybridized carbons (Fsp3) is 0.571. The number of carbonyl (C=O) groups is 1. The van der Waals surface area contributed by atoms with Crippen LogP contribution in [0.15, 0.2) is 34.2 Å². The van der Waals surface area contributed by atoms with Crippen molar-refractivity contribution in [1.82, 2.24) is 14.5 Å². The largest absolute Gasteiger partial charge is 0.337 e. The Bertz CT molecular complexity index is 850. The van der Waals surface area contributed by atoms with E-state index in [1.54, 1.807) is 4.57 Å². The minimum Gasteiger partial charge on any atom is -0.337 e. The van der Waals surface area contributed by atoms with Gasteiger partial charge in [-0.05, 0) is 52.7 Å². The third kappa shape index (κ3) is 4.92. The van der Waals surface area contributed by atoms with Crippen LogP contribution >= 0.6 is 11.8 Å². The summed E-state index contributed by atoms with van der Waals surface area (Å²) in [6, 6.07) is 7.65. The first-order valence-electron chi connectivity index (χ1n) is 9.61. The van der Waals surface area contributed by atoms with Crippen molar-refractivity contribution in [3.63, 3.8) is 0 Å². The van der Waals surface area contributed by atoms with Gasteiger partial charge in [0.15, 0.2) is 5.16 Å². The van der Waals surface area contributed by atoms with Crippen molar-refractivity contribution in [2.45, 2.75) is 77.5 Å². The van der Waals surface area contributed by atoms with Crippen LogP contribution in [-0.2, 0) is 11.3 Å². The Morgan fingerprint density at radius 2 is 1.67 bits per heavy atom. The van der Waals surface area contributed by atoms with Gasteiger partial charge in [-0.3, -0.25) is 14.2 Å². The van der Waals surface area contributed by atoms with Crippen LogP contribution in [0.25, 0.3) is 10.9 Å². The van der Waals surface area contributed by atoms with Gasteiger partial charge in [-0.25, -0.2) is 4.98 Å². The summed E-state index contributed by atoms with van der Waals surface area (Å²) in [4.78, 5) is 32.6. The number of carbonyl (C=O) groups excluding carboxylic acids is 1. The molecule has 0 saturated carbocycles. The number of fused-ring (bicyclic) bond motifs is 1. The number of nitrogens with zero attached hydrogens (tertiary/aromatic N) is 3. The van der Waals surface area contributed by atoms with Crippen LogP contribution in [0.2, 0.25) is 0 Å². The molecule has 0 spiro atoms. The molecule has 1 aromatic heterocycles. The lowest BCUT2D eigenvalue weighted by Crippen LogP contribution is -2.45.